The van der Waals surface area contributed by atoms with E-state index in [1.165, 1.54) is 17.7 Å². The summed E-state index contributed by atoms with van der Waals surface area (Å²) in [4.78, 5) is 55.6. The number of pyridine rings is 1. The fraction of sp³-hybridized carbons (Fsp3) is 0.400. The first-order valence-corrected chi connectivity index (χ1v) is 11.8. The molecule has 1 aromatic carbocycles. The second-order valence-corrected chi connectivity index (χ2v) is 9.14. The maximum absolute atomic E-state index is 13.0. The van der Waals surface area contributed by atoms with Crippen LogP contribution in [0.3, 0.4) is 0 Å². The van der Waals surface area contributed by atoms with E-state index in [4.69, 9.17) is 14.6 Å². The molecule has 3 amide bonds. The Morgan fingerprint density at radius 1 is 1.14 bits per heavy atom. The molecule has 188 valence electrons. The summed E-state index contributed by atoms with van der Waals surface area (Å²) in [5, 5.41) is 10.9. The van der Waals surface area contributed by atoms with Crippen molar-refractivity contribution in [2.45, 2.75) is 31.9 Å². The second-order valence-electron chi connectivity index (χ2n) is 9.14. The van der Waals surface area contributed by atoms with Gasteiger partial charge < -0.3 is 29.7 Å². The van der Waals surface area contributed by atoms with Crippen LogP contribution in [-0.2, 0) is 20.9 Å². The highest BCUT2D eigenvalue weighted by Gasteiger charge is 2.36. The molecule has 11 nitrogen and oxygen atoms in total. The van der Waals surface area contributed by atoms with E-state index < -0.39 is 24.5 Å². The quantitative estimate of drug-likeness (QED) is 0.503. The Labute approximate surface area is 207 Å². The number of anilines is 1. The SMILES string of the molecule is O=C(O)CNC(=O)CN1Cc2ccc(N3CC[C@@H](Oc4ccc(OCC5CC5)nc4)C3=O)cc2C1=O. The molecule has 2 aromatic rings. The smallest absolute Gasteiger partial charge is 0.322 e. The molecule has 3 aliphatic rings. The number of carboxylic acid groups (broad SMARTS) is 1. The molecule has 0 radical (unpaired) electrons. The fourth-order valence-corrected chi connectivity index (χ4v) is 4.24. The number of hydrogen-bond donors (Lipinski definition) is 2. The lowest BCUT2D eigenvalue weighted by molar-refractivity contribution is -0.138. The van der Waals surface area contributed by atoms with Crippen molar-refractivity contribution in [2.24, 2.45) is 5.92 Å². The highest BCUT2D eigenvalue weighted by atomic mass is 16.5. The maximum Gasteiger partial charge on any atom is 0.322 e. The van der Waals surface area contributed by atoms with Crippen molar-refractivity contribution >= 4 is 29.4 Å². The molecule has 2 aliphatic heterocycles. The van der Waals surface area contributed by atoms with E-state index >= 15 is 0 Å². The average molecular weight is 495 g/mol. The summed E-state index contributed by atoms with van der Waals surface area (Å²) < 4.78 is 11.5. The lowest BCUT2D eigenvalue weighted by atomic mass is 10.1. The van der Waals surface area contributed by atoms with E-state index in [1.54, 1.807) is 41.4 Å². The van der Waals surface area contributed by atoms with Crippen LogP contribution in [0.5, 0.6) is 11.6 Å². The number of aliphatic carboxylic acids is 1. The maximum atomic E-state index is 13.0. The number of aromatic nitrogens is 1. The number of ether oxygens (including phenoxy) is 2. The highest BCUT2D eigenvalue weighted by Crippen LogP contribution is 2.31. The van der Waals surface area contributed by atoms with Crippen molar-refractivity contribution in [3.8, 4) is 11.6 Å². The van der Waals surface area contributed by atoms with Crippen LogP contribution in [-0.4, -0.2) is 71.0 Å². The number of nitrogens with zero attached hydrogens (tertiary/aromatic N) is 3. The van der Waals surface area contributed by atoms with Gasteiger partial charge in [-0.25, -0.2) is 4.98 Å². The van der Waals surface area contributed by atoms with Crippen LogP contribution >= 0.6 is 0 Å². The zero-order valence-electron chi connectivity index (χ0n) is 19.5. The van der Waals surface area contributed by atoms with Crippen LogP contribution in [0.15, 0.2) is 36.5 Å². The van der Waals surface area contributed by atoms with Crippen LogP contribution in [0.25, 0.3) is 0 Å². The van der Waals surface area contributed by atoms with E-state index in [0.717, 1.165) is 5.56 Å². The number of rotatable bonds is 10. The first kappa shape index (κ1) is 23.6. The minimum atomic E-state index is -1.16. The number of nitrogens with one attached hydrogen (secondary N) is 1. The Kier molecular flexibility index (Phi) is 6.45. The van der Waals surface area contributed by atoms with Gasteiger partial charge in [-0.15, -0.1) is 0 Å². The summed E-state index contributed by atoms with van der Waals surface area (Å²) in [5.74, 6) is -0.616. The molecule has 3 heterocycles. The van der Waals surface area contributed by atoms with Crippen LogP contribution in [0, 0.1) is 5.92 Å². The Balaban J connectivity index is 1.18. The Bertz CT molecular complexity index is 1200. The third kappa shape index (κ3) is 5.24. The molecule has 1 saturated heterocycles. The van der Waals surface area contributed by atoms with Crippen molar-refractivity contribution < 1.29 is 33.8 Å². The molecular weight excluding hydrogens is 468 g/mol. The van der Waals surface area contributed by atoms with E-state index in [9.17, 15) is 19.2 Å². The van der Waals surface area contributed by atoms with Crippen LogP contribution in [0.1, 0.15) is 35.2 Å². The second kappa shape index (κ2) is 9.84. The number of carboxylic acids is 1. The van der Waals surface area contributed by atoms with Gasteiger partial charge in [-0.1, -0.05) is 6.07 Å². The van der Waals surface area contributed by atoms with Gasteiger partial charge >= 0.3 is 5.97 Å². The number of amides is 3. The molecule has 1 aromatic heterocycles. The zero-order valence-corrected chi connectivity index (χ0v) is 19.5. The summed E-state index contributed by atoms with van der Waals surface area (Å²) in [5.41, 5.74) is 1.74. The fourth-order valence-electron chi connectivity index (χ4n) is 4.24. The number of hydrogen-bond acceptors (Lipinski definition) is 7. The lowest BCUT2D eigenvalue weighted by Gasteiger charge is -2.18. The van der Waals surface area contributed by atoms with Gasteiger partial charge in [0, 0.05) is 36.8 Å². The van der Waals surface area contributed by atoms with Crippen LogP contribution < -0.4 is 19.7 Å². The average Bonchev–Trinajstić information content (AvgIpc) is 3.57. The number of fused-ring (bicyclic) bond motifs is 1. The van der Waals surface area contributed by atoms with Crippen molar-refractivity contribution in [3.05, 3.63) is 47.7 Å². The van der Waals surface area contributed by atoms with Crippen LogP contribution in [0.2, 0.25) is 0 Å². The minimum Gasteiger partial charge on any atom is -0.480 e. The third-order valence-electron chi connectivity index (χ3n) is 6.36. The molecule has 0 bridgehead atoms. The van der Waals surface area contributed by atoms with Gasteiger partial charge in [0.2, 0.25) is 11.8 Å². The molecule has 1 aliphatic carbocycles. The molecule has 0 spiro atoms. The molecule has 1 saturated carbocycles. The van der Waals surface area contributed by atoms with Crippen molar-refractivity contribution in [1.29, 1.82) is 0 Å². The third-order valence-corrected chi connectivity index (χ3v) is 6.36. The van der Waals surface area contributed by atoms with Crippen molar-refractivity contribution in [2.75, 3.05) is 31.1 Å². The number of carbonyl (C=O) groups is 4. The first-order chi connectivity index (χ1) is 17.4. The van der Waals surface area contributed by atoms with E-state index in [0.29, 0.717) is 48.4 Å². The normalized spacial score (nSPS) is 18.8. The summed E-state index contributed by atoms with van der Waals surface area (Å²) in [7, 11) is 0. The zero-order chi connectivity index (χ0) is 25.2. The molecule has 11 heteroatoms. The van der Waals surface area contributed by atoms with Gasteiger partial charge in [0.05, 0.1) is 12.8 Å². The summed E-state index contributed by atoms with van der Waals surface area (Å²) in [6.07, 6.45) is 3.77. The molecule has 5 rings (SSSR count). The van der Waals surface area contributed by atoms with Gasteiger partial charge in [0.1, 0.15) is 18.8 Å². The molecular formula is C25H26N4O7. The van der Waals surface area contributed by atoms with Crippen molar-refractivity contribution in [1.82, 2.24) is 15.2 Å². The largest absolute Gasteiger partial charge is 0.480 e. The molecule has 2 N–H and O–H groups in total. The number of carbonyl (C=O) groups excluding carboxylic acids is 3. The van der Waals surface area contributed by atoms with Gasteiger partial charge in [0.25, 0.3) is 11.8 Å². The predicted octanol–water partition coefficient (Wildman–Crippen LogP) is 1.21. The predicted molar refractivity (Wildman–Crippen MR) is 126 cm³/mol. The Morgan fingerprint density at radius 3 is 2.69 bits per heavy atom. The summed E-state index contributed by atoms with van der Waals surface area (Å²) in [6.45, 7) is 0.595. The summed E-state index contributed by atoms with van der Waals surface area (Å²) in [6, 6.07) is 8.66. The van der Waals surface area contributed by atoms with Gasteiger partial charge in [-0.3, -0.25) is 19.2 Å². The molecule has 36 heavy (non-hydrogen) atoms. The van der Waals surface area contributed by atoms with Crippen LogP contribution in [0.4, 0.5) is 5.69 Å². The molecule has 0 unspecified atom stereocenters. The topological polar surface area (TPSA) is 138 Å². The molecule has 2 fully saturated rings. The number of benzene rings is 1. The lowest BCUT2D eigenvalue weighted by Crippen LogP contribution is -2.39. The van der Waals surface area contributed by atoms with Gasteiger partial charge in [-0.2, -0.15) is 0 Å². The van der Waals surface area contributed by atoms with E-state index in [2.05, 4.69) is 10.3 Å². The Morgan fingerprint density at radius 2 is 1.97 bits per heavy atom. The van der Waals surface area contributed by atoms with Gasteiger partial charge in [0.15, 0.2) is 6.10 Å². The minimum absolute atomic E-state index is 0.209. The van der Waals surface area contributed by atoms with E-state index in [1.807, 2.05) is 0 Å². The standard InChI is InChI=1S/C25H26N4O7/c30-21(26-11-23(31)32)13-28-12-16-3-4-17(9-19(16)24(28)33)29-8-7-20(25(29)34)36-18-5-6-22(27-10-18)35-14-15-1-2-15/h3-6,9-10,15,20H,1-2,7-8,11-14H2,(H,26,30)(H,31,32)/t20-/m1/s1. The monoisotopic (exact) mass is 494 g/mol. The Hall–Kier alpha value is -4.15. The molecule has 1 atom stereocenters. The van der Waals surface area contributed by atoms with Gasteiger partial charge in [-0.05, 0) is 42.5 Å². The van der Waals surface area contributed by atoms with Crippen molar-refractivity contribution in [3.63, 3.8) is 0 Å². The summed E-state index contributed by atoms with van der Waals surface area (Å²) >= 11 is 0. The first-order valence-electron chi connectivity index (χ1n) is 11.8. The highest BCUT2D eigenvalue weighted by molar-refractivity contribution is 6.03. The van der Waals surface area contributed by atoms with E-state index in [-0.39, 0.29) is 24.9 Å².